The minimum atomic E-state index is -3.85. The number of nitrogens with one attached hydrogen (secondary N) is 1. The highest BCUT2D eigenvalue weighted by molar-refractivity contribution is 7.92. The molecule has 3 aromatic carbocycles. The smallest absolute Gasteiger partial charge is 0.244 e. The summed E-state index contributed by atoms with van der Waals surface area (Å²) in [6, 6.07) is 20.5. The summed E-state index contributed by atoms with van der Waals surface area (Å²) in [5.74, 6) is -0.592. The molecule has 3 rings (SSSR count). The quantitative estimate of drug-likeness (QED) is 0.235. The van der Waals surface area contributed by atoms with Crippen LogP contribution in [0.25, 0.3) is 0 Å². The average molecular weight is 633 g/mol. The summed E-state index contributed by atoms with van der Waals surface area (Å²) in [5, 5.41) is 3.69. The first-order valence-electron chi connectivity index (χ1n) is 14.0. The lowest BCUT2D eigenvalue weighted by atomic mass is 10.0. The van der Waals surface area contributed by atoms with Crippen molar-refractivity contribution in [2.75, 3.05) is 17.1 Å². The van der Waals surface area contributed by atoms with Crippen molar-refractivity contribution in [3.63, 3.8) is 0 Å². The van der Waals surface area contributed by atoms with Crippen LogP contribution in [0.1, 0.15) is 56.7 Å². The highest BCUT2D eigenvalue weighted by Gasteiger charge is 2.33. The zero-order chi connectivity index (χ0) is 31.0. The topological polar surface area (TPSA) is 86.8 Å². The molecule has 42 heavy (non-hydrogen) atoms. The molecule has 1 N–H and O–H groups in total. The number of halogens is 2. The minimum Gasteiger partial charge on any atom is -0.352 e. The summed E-state index contributed by atoms with van der Waals surface area (Å²) in [6.45, 7) is 7.49. The van der Waals surface area contributed by atoms with E-state index in [0.29, 0.717) is 27.7 Å². The van der Waals surface area contributed by atoms with Gasteiger partial charge in [0, 0.05) is 19.0 Å². The Balaban J connectivity index is 2.07. The molecule has 0 spiro atoms. The van der Waals surface area contributed by atoms with Gasteiger partial charge in [0.05, 0.1) is 22.0 Å². The van der Waals surface area contributed by atoms with Gasteiger partial charge in [0.1, 0.15) is 12.6 Å². The molecule has 0 unspecified atom stereocenters. The number of sulfonamides is 1. The maximum absolute atomic E-state index is 14.2. The molecule has 0 bridgehead atoms. The normalized spacial score (nSPS) is 13.0. The van der Waals surface area contributed by atoms with Gasteiger partial charge in [-0.05, 0) is 60.2 Å². The summed E-state index contributed by atoms with van der Waals surface area (Å²) in [6.07, 6.45) is 2.01. The van der Waals surface area contributed by atoms with Gasteiger partial charge in [-0.1, -0.05) is 92.5 Å². The van der Waals surface area contributed by atoms with Gasteiger partial charge in [-0.3, -0.25) is 13.9 Å². The number of rotatable bonds is 13. The summed E-state index contributed by atoms with van der Waals surface area (Å²) in [7, 11) is -3.85. The Labute approximate surface area is 259 Å². The Hall–Kier alpha value is -3.07. The largest absolute Gasteiger partial charge is 0.352 e. The van der Waals surface area contributed by atoms with E-state index >= 15 is 0 Å². The zero-order valence-electron chi connectivity index (χ0n) is 24.7. The molecule has 0 aliphatic heterocycles. The van der Waals surface area contributed by atoms with E-state index < -0.39 is 28.5 Å². The van der Waals surface area contributed by atoms with Crippen LogP contribution in [0.5, 0.6) is 0 Å². The second kappa shape index (κ2) is 14.9. The molecule has 0 fully saturated rings. The monoisotopic (exact) mass is 631 g/mol. The van der Waals surface area contributed by atoms with Crippen LogP contribution >= 0.6 is 23.2 Å². The Kier molecular flexibility index (Phi) is 11.9. The van der Waals surface area contributed by atoms with Crippen LogP contribution in [0.15, 0.2) is 72.8 Å². The second-order valence-corrected chi connectivity index (χ2v) is 13.5. The fourth-order valence-electron chi connectivity index (χ4n) is 4.47. The molecule has 3 aromatic rings. The first kappa shape index (κ1) is 33.4. The lowest BCUT2D eigenvalue weighted by molar-refractivity contribution is -0.140. The van der Waals surface area contributed by atoms with E-state index in [4.69, 9.17) is 23.2 Å². The van der Waals surface area contributed by atoms with Gasteiger partial charge in [0.2, 0.25) is 21.8 Å². The predicted octanol–water partition coefficient (Wildman–Crippen LogP) is 6.44. The van der Waals surface area contributed by atoms with E-state index in [-0.39, 0.29) is 30.8 Å². The number of carbonyl (C=O) groups excluding carboxylic acids is 2. The summed E-state index contributed by atoms with van der Waals surface area (Å²) in [5.41, 5.74) is 2.93. The number of nitrogens with zero attached hydrogens (tertiary/aromatic N) is 2. The van der Waals surface area contributed by atoms with Crippen LogP contribution in [0.4, 0.5) is 5.69 Å². The lowest BCUT2D eigenvalue weighted by Gasteiger charge is -2.34. The Morgan fingerprint density at radius 2 is 1.52 bits per heavy atom. The highest BCUT2D eigenvalue weighted by Crippen LogP contribution is 2.26. The number of anilines is 1. The maximum Gasteiger partial charge on any atom is 0.244 e. The van der Waals surface area contributed by atoms with Crippen molar-refractivity contribution in [1.82, 2.24) is 10.2 Å². The fourth-order valence-corrected chi connectivity index (χ4v) is 5.64. The standard InChI is InChI=1S/C32H39Cl2N3O4S/c1-6-23(4)35-32(39)30(19-24-10-8-7-9-11-24)36(20-25-12-17-28(33)29(34)18-25)31(38)21-37(42(5,40)41)27-15-13-26(14-16-27)22(2)3/h7-18,22-23,30H,6,19-21H2,1-5H3,(H,35,39)/t23-,30+/m1/s1. The second-order valence-electron chi connectivity index (χ2n) is 10.8. The minimum absolute atomic E-state index is 0.0189. The number of hydrogen-bond donors (Lipinski definition) is 1. The Morgan fingerprint density at radius 1 is 0.881 bits per heavy atom. The Morgan fingerprint density at radius 3 is 2.07 bits per heavy atom. The van der Waals surface area contributed by atoms with E-state index in [2.05, 4.69) is 5.32 Å². The SMILES string of the molecule is CC[C@@H](C)NC(=O)[C@H](Cc1ccccc1)N(Cc1ccc(Cl)c(Cl)c1)C(=O)CN(c1ccc(C(C)C)cc1)S(C)(=O)=O. The molecule has 0 saturated carbocycles. The van der Waals surface area contributed by atoms with E-state index in [1.54, 1.807) is 30.3 Å². The van der Waals surface area contributed by atoms with Crippen LogP contribution in [-0.4, -0.2) is 50.0 Å². The van der Waals surface area contributed by atoms with E-state index in [1.807, 2.05) is 70.2 Å². The summed E-state index contributed by atoms with van der Waals surface area (Å²) in [4.78, 5) is 29.4. The van der Waals surface area contributed by atoms with Crippen LogP contribution in [-0.2, 0) is 32.6 Å². The van der Waals surface area contributed by atoms with Gasteiger partial charge in [0.25, 0.3) is 0 Å². The summed E-state index contributed by atoms with van der Waals surface area (Å²) >= 11 is 12.4. The van der Waals surface area contributed by atoms with Crippen molar-refractivity contribution in [2.24, 2.45) is 0 Å². The molecule has 0 saturated heterocycles. The maximum atomic E-state index is 14.2. The lowest BCUT2D eigenvalue weighted by Crippen LogP contribution is -2.54. The van der Waals surface area contributed by atoms with Gasteiger partial charge < -0.3 is 10.2 Å². The van der Waals surface area contributed by atoms with Gasteiger partial charge in [-0.25, -0.2) is 8.42 Å². The molecule has 0 aromatic heterocycles. The molecule has 0 radical (unpaired) electrons. The van der Waals surface area contributed by atoms with Crippen molar-refractivity contribution in [3.05, 3.63) is 99.5 Å². The molecule has 2 amide bonds. The van der Waals surface area contributed by atoms with E-state index in [1.165, 1.54) is 4.90 Å². The van der Waals surface area contributed by atoms with Crippen LogP contribution in [0.3, 0.4) is 0 Å². The third-order valence-corrected chi connectivity index (χ3v) is 9.02. The third kappa shape index (κ3) is 9.21. The molecule has 0 heterocycles. The molecule has 10 heteroatoms. The van der Waals surface area contributed by atoms with E-state index in [9.17, 15) is 18.0 Å². The molecule has 7 nitrogen and oxygen atoms in total. The fraction of sp³-hybridized carbons (Fsp3) is 0.375. The Bertz CT molecular complexity index is 1460. The molecule has 0 aliphatic carbocycles. The molecular weight excluding hydrogens is 593 g/mol. The molecule has 0 aliphatic rings. The van der Waals surface area contributed by atoms with Crippen molar-refractivity contribution < 1.29 is 18.0 Å². The molecule has 2 atom stereocenters. The summed E-state index contributed by atoms with van der Waals surface area (Å²) < 4.78 is 27.0. The van der Waals surface area contributed by atoms with Gasteiger partial charge in [-0.2, -0.15) is 0 Å². The van der Waals surface area contributed by atoms with Crippen molar-refractivity contribution in [3.8, 4) is 0 Å². The number of benzene rings is 3. The molecule has 226 valence electrons. The van der Waals surface area contributed by atoms with Gasteiger partial charge in [0.15, 0.2) is 0 Å². The van der Waals surface area contributed by atoms with Crippen LogP contribution in [0, 0.1) is 0 Å². The average Bonchev–Trinajstić information content (AvgIpc) is 2.95. The van der Waals surface area contributed by atoms with Crippen molar-refractivity contribution in [1.29, 1.82) is 0 Å². The number of carbonyl (C=O) groups is 2. The predicted molar refractivity (Wildman–Crippen MR) is 172 cm³/mol. The van der Waals surface area contributed by atoms with Crippen LogP contribution in [0.2, 0.25) is 10.0 Å². The first-order chi connectivity index (χ1) is 19.8. The highest BCUT2D eigenvalue weighted by atomic mass is 35.5. The van der Waals surface area contributed by atoms with Crippen LogP contribution < -0.4 is 9.62 Å². The third-order valence-electron chi connectivity index (χ3n) is 7.14. The van der Waals surface area contributed by atoms with Gasteiger partial charge >= 0.3 is 0 Å². The van der Waals surface area contributed by atoms with E-state index in [0.717, 1.165) is 21.7 Å². The number of hydrogen-bond acceptors (Lipinski definition) is 4. The zero-order valence-corrected chi connectivity index (χ0v) is 27.0. The number of amides is 2. The van der Waals surface area contributed by atoms with Crippen molar-refractivity contribution >= 4 is 50.7 Å². The van der Waals surface area contributed by atoms with Crippen molar-refractivity contribution in [2.45, 2.75) is 65.1 Å². The van der Waals surface area contributed by atoms with Gasteiger partial charge in [-0.15, -0.1) is 0 Å². The first-order valence-corrected chi connectivity index (χ1v) is 16.6. The molecular formula is C32H39Cl2N3O4S.